The third kappa shape index (κ3) is 3.72. The Bertz CT molecular complexity index is 672. The van der Waals surface area contributed by atoms with Crippen LogP contribution >= 0.6 is 15.9 Å². The summed E-state index contributed by atoms with van der Waals surface area (Å²) in [6.45, 7) is 0. The van der Waals surface area contributed by atoms with E-state index in [0.717, 1.165) is 24.3 Å². The average molecular weight is 361 g/mol. The number of carbonyl (C=O) groups excluding carboxylic acids is 1. The van der Waals surface area contributed by atoms with Crippen molar-refractivity contribution >= 4 is 27.5 Å². The fraction of sp³-hybridized carbons (Fsp3) is 0.0769. The molecule has 0 radical (unpaired) electrons. The van der Waals surface area contributed by atoms with E-state index in [4.69, 9.17) is 0 Å². The number of hydrogen-bond acceptors (Lipinski definition) is 3. The van der Waals surface area contributed by atoms with E-state index in [-0.39, 0.29) is 11.3 Å². The molecule has 0 spiro atoms. The fourth-order valence-corrected chi connectivity index (χ4v) is 1.86. The molecule has 1 amide bonds. The Labute approximate surface area is 125 Å². The molecule has 0 aliphatic heterocycles. The van der Waals surface area contributed by atoms with Crippen LogP contribution in [0.5, 0.6) is 5.88 Å². The van der Waals surface area contributed by atoms with Gasteiger partial charge in [-0.25, -0.2) is 4.98 Å². The number of halogens is 4. The van der Waals surface area contributed by atoms with E-state index in [1.54, 1.807) is 0 Å². The number of nitrogens with one attached hydrogen (secondary N) is 1. The number of nitrogens with zero attached hydrogens (tertiary/aromatic N) is 1. The van der Waals surface area contributed by atoms with Crippen LogP contribution in [-0.2, 0) is 6.18 Å². The van der Waals surface area contributed by atoms with E-state index >= 15 is 0 Å². The van der Waals surface area contributed by atoms with Crippen molar-refractivity contribution in [1.29, 1.82) is 0 Å². The highest BCUT2D eigenvalue weighted by atomic mass is 79.9. The highest BCUT2D eigenvalue weighted by Gasteiger charge is 2.30. The number of carbonyl (C=O) groups is 1. The van der Waals surface area contributed by atoms with E-state index in [0.29, 0.717) is 4.47 Å². The Kier molecular flexibility index (Phi) is 4.17. The molecule has 21 heavy (non-hydrogen) atoms. The molecule has 0 saturated carbocycles. The van der Waals surface area contributed by atoms with Gasteiger partial charge in [0.25, 0.3) is 5.91 Å². The Balaban J connectivity index is 2.19. The molecule has 2 aromatic rings. The van der Waals surface area contributed by atoms with Crippen molar-refractivity contribution in [2.24, 2.45) is 0 Å². The molecular weight excluding hydrogens is 353 g/mol. The Hall–Kier alpha value is -2.09. The van der Waals surface area contributed by atoms with Gasteiger partial charge in [0, 0.05) is 16.2 Å². The van der Waals surface area contributed by atoms with Gasteiger partial charge < -0.3 is 10.4 Å². The summed E-state index contributed by atoms with van der Waals surface area (Å²) in [4.78, 5) is 15.5. The Morgan fingerprint density at radius 3 is 2.43 bits per heavy atom. The molecule has 0 saturated heterocycles. The number of alkyl halides is 3. The van der Waals surface area contributed by atoms with Gasteiger partial charge in [-0.05, 0) is 46.3 Å². The second-order valence-electron chi connectivity index (χ2n) is 4.05. The van der Waals surface area contributed by atoms with Crippen LogP contribution in [-0.4, -0.2) is 16.0 Å². The first-order valence-electron chi connectivity index (χ1n) is 5.60. The van der Waals surface area contributed by atoms with Gasteiger partial charge in [0.2, 0.25) is 5.88 Å². The molecule has 2 rings (SSSR count). The number of pyridine rings is 1. The first-order chi connectivity index (χ1) is 9.77. The summed E-state index contributed by atoms with van der Waals surface area (Å²) in [5.41, 5.74) is -0.761. The lowest BCUT2D eigenvalue weighted by atomic mass is 10.1. The summed E-state index contributed by atoms with van der Waals surface area (Å²) in [5.74, 6) is -1.04. The van der Waals surface area contributed by atoms with Crippen molar-refractivity contribution in [3.05, 3.63) is 52.1 Å². The smallest absolute Gasteiger partial charge is 0.416 e. The fourth-order valence-electron chi connectivity index (χ4n) is 1.53. The SMILES string of the molecule is O=C(Nc1cc(Br)cnc1O)c1ccc(C(F)(F)F)cc1. The Morgan fingerprint density at radius 2 is 1.86 bits per heavy atom. The van der Waals surface area contributed by atoms with Crippen LogP contribution in [0.2, 0.25) is 0 Å². The molecule has 0 fully saturated rings. The topological polar surface area (TPSA) is 62.2 Å². The molecule has 0 atom stereocenters. The number of amides is 1. The molecule has 1 aromatic heterocycles. The van der Waals surface area contributed by atoms with Gasteiger partial charge in [0.05, 0.1) is 5.56 Å². The van der Waals surface area contributed by atoms with E-state index < -0.39 is 23.5 Å². The molecule has 4 nitrogen and oxygen atoms in total. The minimum absolute atomic E-state index is 0.0300. The van der Waals surface area contributed by atoms with Crippen LogP contribution in [0.15, 0.2) is 41.0 Å². The minimum Gasteiger partial charge on any atom is -0.492 e. The van der Waals surface area contributed by atoms with Crippen LogP contribution in [0.4, 0.5) is 18.9 Å². The van der Waals surface area contributed by atoms with Crippen molar-refractivity contribution in [3.63, 3.8) is 0 Å². The van der Waals surface area contributed by atoms with Crippen LogP contribution < -0.4 is 5.32 Å². The van der Waals surface area contributed by atoms with Gasteiger partial charge in [-0.3, -0.25) is 4.79 Å². The predicted molar refractivity (Wildman–Crippen MR) is 73.0 cm³/mol. The summed E-state index contributed by atoms with van der Waals surface area (Å²) < 4.78 is 37.8. The molecule has 1 heterocycles. The van der Waals surface area contributed by atoms with Gasteiger partial charge in [0.15, 0.2) is 0 Å². The molecule has 8 heteroatoms. The summed E-state index contributed by atoms with van der Waals surface area (Å²) >= 11 is 3.12. The molecule has 0 aliphatic rings. The molecular formula is C13H8BrF3N2O2. The van der Waals surface area contributed by atoms with Crippen molar-refractivity contribution in [2.45, 2.75) is 6.18 Å². The second kappa shape index (κ2) is 5.72. The highest BCUT2D eigenvalue weighted by Crippen LogP contribution is 2.29. The number of hydrogen-bond donors (Lipinski definition) is 2. The summed E-state index contributed by atoms with van der Waals surface area (Å²) in [6.07, 6.45) is -3.12. The standard InChI is InChI=1S/C13H8BrF3N2O2/c14-9-5-10(12(21)18-6-9)19-11(20)7-1-3-8(4-2-7)13(15,16)17/h1-6H,(H,18,21)(H,19,20). The van der Waals surface area contributed by atoms with Crippen molar-refractivity contribution < 1.29 is 23.1 Å². The van der Waals surface area contributed by atoms with Crippen LogP contribution in [0.3, 0.4) is 0 Å². The monoisotopic (exact) mass is 360 g/mol. The first-order valence-corrected chi connectivity index (χ1v) is 6.40. The second-order valence-corrected chi connectivity index (χ2v) is 4.97. The van der Waals surface area contributed by atoms with Gasteiger partial charge in [0.1, 0.15) is 5.69 Å². The van der Waals surface area contributed by atoms with Gasteiger partial charge in [-0.1, -0.05) is 0 Å². The minimum atomic E-state index is -4.46. The molecule has 0 aliphatic carbocycles. The summed E-state index contributed by atoms with van der Waals surface area (Å²) in [7, 11) is 0. The lowest BCUT2D eigenvalue weighted by Gasteiger charge is -2.09. The average Bonchev–Trinajstić information content (AvgIpc) is 2.42. The summed E-state index contributed by atoms with van der Waals surface area (Å²) in [6, 6.07) is 5.16. The maximum atomic E-state index is 12.4. The van der Waals surface area contributed by atoms with E-state index in [2.05, 4.69) is 26.2 Å². The number of aromatic hydroxyl groups is 1. The van der Waals surface area contributed by atoms with E-state index in [9.17, 15) is 23.1 Å². The lowest BCUT2D eigenvalue weighted by molar-refractivity contribution is -0.137. The highest BCUT2D eigenvalue weighted by molar-refractivity contribution is 9.10. The zero-order chi connectivity index (χ0) is 15.6. The van der Waals surface area contributed by atoms with Gasteiger partial charge in [-0.15, -0.1) is 0 Å². The summed E-state index contributed by atoms with van der Waals surface area (Å²) in [5, 5.41) is 11.8. The lowest BCUT2D eigenvalue weighted by Crippen LogP contribution is -2.13. The Morgan fingerprint density at radius 1 is 1.24 bits per heavy atom. The maximum Gasteiger partial charge on any atom is 0.416 e. The van der Waals surface area contributed by atoms with Crippen molar-refractivity contribution in [3.8, 4) is 5.88 Å². The van der Waals surface area contributed by atoms with Crippen LogP contribution in [0.1, 0.15) is 15.9 Å². The van der Waals surface area contributed by atoms with Gasteiger partial charge in [-0.2, -0.15) is 13.2 Å². The van der Waals surface area contributed by atoms with Crippen molar-refractivity contribution in [2.75, 3.05) is 5.32 Å². The molecule has 110 valence electrons. The van der Waals surface area contributed by atoms with Crippen LogP contribution in [0.25, 0.3) is 0 Å². The van der Waals surface area contributed by atoms with Gasteiger partial charge >= 0.3 is 6.18 Å². The third-order valence-corrected chi connectivity index (χ3v) is 2.99. The number of anilines is 1. The molecule has 0 bridgehead atoms. The zero-order valence-corrected chi connectivity index (χ0v) is 11.9. The van der Waals surface area contributed by atoms with Crippen molar-refractivity contribution in [1.82, 2.24) is 4.98 Å². The van der Waals surface area contributed by atoms with Crippen LogP contribution in [0, 0.1) is 0 Å². The first kappa shape index (κ1) is 15.3. The third-order valence-electron chi connectivity index (χ3n) is 2.56. The van der Waals surface area contributed by atoms with E-state index in [1.807, 2.05) is 0 Å². The quantitative estimate of drug-likeness (QED) is 0.855. The largest absolute Gasteiger partial charge is 0.492 e. The number of rotatable bonds is 2. The normalized spacial score (nSPS) is 11.2. The molecule has 2 N–H and O–H groups in total. The predicted octanol–water partition coefficient (Wildman–Crippen LogP) is 3.82. The molecule has 1 aromatic carbocycles. The molecule has 0 unspecified atom stereocenters. The number of benzene rings is 1. The zero-order valence-electron chi connectivity index (χ0n) is 10.3. The van der Waals surface area contributed by atoms with E-state index in [1.165, 1.54) is 12.3 Å². The maximum absolute atomic E-state index is 12.4. The number of aromatic nitrogens is 1.